The van der Waals surface area contributed by atoms with Crippen LogP contribution in [0, 0.1) is 11.6 Å². The number of amides is 1. The smallest absolute Gasteiger partial charge is 0.325 e. The zero-order valence-corrected chi connectivity index (χ0v) is 16.6. The van der Waals surface area contributed by atoms with Crippen molar-refractivity contribution in [1.29, 1.82) is 0 Å². The van der Waals surface area contributed by atoms with E-state index in [-0.39, 0.29) is 24.7 Å². The average Bonchev–Trinajstić information content (AvgIpc) is 3.06. The Balaban J connectivity index is 1.92. The fraction of sp³-hybridized carbons (Fsp3) is 0.190. The number of nitrogens with zero attached hydrogens (tertiary/aromatic N) is 2. The number of anilines is 2. The molecule has 1 atom stereocenters. The largest absolute Gasteiger partial charge is 0.468 e. The number of benzene rings is 2. The van der Waals surface area contributed by atoms with Crippen LogP contribution in [-0.4, -0.2) is 23.6 Å². The van der Waals surface area contributed by atoms with E-state index in [1.807, 2.05) is 0 Å². The number of para-hydroxylation sites is 1. The van der Waals surface area contributed by atoms with Gasteiger partial charge in [-0.2, -0.15) is 0 Å². The molecule has 9 heteroatoms. The lowest BCUT2D eigenvalue weighted by Gasteiger charge is -2.32. The van der Waals surface area contributed by atoms with Crippen molar-refractivity contribution in [2.24, 2.45) is 0 Å². The molecule has 1 aliphatic rings. The van der Waals surface area contributed by atoms with Crippen LogP contribution in [0.2, 0.25) is 0 Å². The molecule has 6 nitrogen and oxygen atoms in total. The minimum absolute atomic E-state index is 0.0366. The number of carbonyl (C=O) groups is 2. The number of methoxy groups -OCH3 is 1. The van der Waals surface area contributed by atoms with E-state index in [0.717, 1.165) is 23.5 Å². The minimum Gasteiger partial charge on any atom is -0.468 e. The molecule has 0 unspecified atom stereocenters. The quantitative estimate of drug-likeness (QED) is 0.594. The Hall–Kier alpha value is -3.33. The summed E-state index contributed by atoms with van der Waals surface area (Å²) in [6, 6.07) is 12.1. The number of hydrogen-bond acceptors (Lipinski definition) is 5. The van der Waals surface area contributed by atoms with Crippen LogP contribution < -0.4 is 9.77 Å². The van der Waals surface area contributed by atoms with Gasteiger partial charge in [-0.1, -0.05) is 35.6 Å². The Bertz CT molecular complexity index is 1190. The molecule has 1 aromatic heterocycles. The Morgan fingerprint density at radius 1 is 1.13 bits per heavy atom. The zero-order valence-electron chi connectivity index (χ0n) is 15.8. The maximum absolute atomic E-state index is 13.9. The second kappa shape index (κ2) is 7.83. The zero-order chi connectivity index (χ0) is 21.4. The Morgan fingerprint density at radius 3 is 2.53 bits per heavy atom. The second-order valence-electron chi connectivity index (χ2n) is 6.71. The second-order valence-corrected chi connectivity index (χ2v) is 7.71. The molecule has 1 amide bonds. The van der Waals surface area contributed by atoms with Crippen molar-refractivity contribution in [2.75, 3.05) is 12.0 Å². The van der Waals surface area contributed by atoms with E-state index in [2.05, 4.69) is 4.74 Å². The number of fused-ring (bicyclic) bond motifs is 1. The standard InChI is InChI=1S/C21H16F2N2O4S/c1-29-18(27)11-24-20-19(30-21(24)28)14(12-7-8-15(22)16(23)9-12)10-17(26)25(20)13-5-3-2-4-6-13/h2-9,14H,10-11H2,1H3/t14-/m0/s1. The van der Waals surface area contributed by atoms with Gasteiger partial charge in [0.25, 0.3) is 0 Å². The normalized spacial score (nSPS) is 15.8. The van der Waals surface area contributed by atoms with Crippen molar-refractivity contribution >= 4 is 34.7 Å². The first-order chi connectivity index (χ1) is 14.4. The van der Waals surface area contributed by atoms with Crippen LogP contribution in [0.25, 0.3) is 0 Å². The van der Waals surface area contributed by atoms with Crippen molar-refractivity contribution in [3.05, 3.63) is 80.3 Å². The van der Waals surface area contributed by atoms with Crippen LogP contribution in [0.4, 0.5) is 20.3 Å². The fourth-order valence-corrected chi connectivity index (χ4v) is 4.63. The number of esters is 1. The third kappa shape index (κ3) is 3.41. The predicted molar refractivity (Wildman–Crippen MR) is 107 cm³/mol. The SMILES string of the molecule is COC(=O)Cn1c2c(sc1=O)[C@H](c1ccc(F)c(F)c1)CC(=O)N2c1ccccc1. The topological polar surface area (TPSA) is 68.6 Å². The maximum Gasteiger partial charge on any atom is 0.325 e. The lowest BCUT2D eigenvalue weighted by molar-refractivity contribution is -0.141. The number of ether oxygens (including phenoxy) is 1. The third-order valence-electron chi connectivity index (χ3n) is 4.93. The summed E-state index contributed by atoms with van der Waals surface area (Å²) in [7, 11) is 1.20. The lowest BCUT2D eigenvalue weighted by Crippen LogP contribution is -2.36. The Morgan fingerprint density at radius 2 is 1.87 bits per heavy atom. The predicted octanol–water partition coefficient (Wildman–Crippen LogP) is 3.56. The van der Waals surface area contributed by atoms with E-state index in [0.29, 0.717) is 16.1 Å². The summed E-state index contributed by atoms with van der Waals surface area (Å²) in [6.07, 6.45) is -0.0366. The van der Waals surface area contributed by atoms with Crippen LogP contribution in [0.15, 0.2) is 53.3 Å². The number of rotatable bonds is 4. The number of carbonyl (C=O) groups excluding carboxylic acids is 2. The van der Waals surface area contributed by atoms with E-state index in [1.165, 1.54) is 22.6 Å². The number of thiazole rings is 1. The molecule has 0 saturated carbocycles. The molecular formula is C21H16F2N2O4S. The van der Waals surface area contributed by atoms with Crippen LogP contribution >= 0.6 is 11.3 Å². The summed E-state index contributed by atoms with van der Waals surface area (Å²) in [4.78, 5) is 39.2. The van der Waals surface area contributed by atoms with E-state index in [4.69, 9.17) is 0 Å². The van der Waals surface area contributed by atoms with Gasteiger partial charge in [0.15, 0.2) is 11.6 Å². The molecule has 3 aromatic rings. The number of hydrogen-bond donors (Lipinski definition) is 0. The van der Waals surface area contributed by atoms with Crippen LogP contribution in [-0.2, 0) is 20.9 Å². The van der Waals surface area contributed by atoms with Crippen molar-refractivity contribution in [3.63, 3.8) is 0 Å². The highest BCUT2D eigenvalue weighted by atomic mass is 32.1. The molecule has 0 N–H and O–H groups in total. The molecule has 154 valence electrons. The van der Waals surface area contributed by atoms with E-state index in [9.17, 15) is 23.2 Å². The minimum atomic E-state index is -1.03. The molecule has 0 radical (unpaired) electrons. The first kappa shape index (κ1) is 20.0. The van der Waals surface area contributed by atoms with Gasteiger partial charge < -0.3 is 4.74 Å². The molecule has 0 bridgehead atoms. The summed E-state index contributed by atoms with van der Waals surface area (Å²) in [5, 5.41) is 0. The summed E-state index contributed by atoms with van der Waals surface area (Å²) >= 11 is 0.872. The highest BCUT2D eigenvalue weighted by Gasteiger charge is 2.38. The highest BCUT2D eigenvalue weighted by Crippen LogP contribution is 2.44. The van der Waals surface area contributed by atoms with Gasteiger partial charge in [0.05, 0.1) is 17.7 Å². The third-order valence-corrected chi connectivity index (χ3v) is 6.01. The molecule has 0 saturated heterocycles. The monoisotopic (exact) mass is 430 g/mol. The van der Waals surface area contributed by atoms with Crippen molar-refractivity contribution < 1.29 is 23.1 Å². The average molecular weight is 430 g/mol. The highest BCUT2D eigenvalue weighted by molar-refractivity contribution is 7.10. The van der Waals surface area contributed by atoms with E-state index in [1.54, 1.807) is 30.3 Å². The van der Waals surface area contributed by atoms with Crippen LogP contribution in [0.5, 0.6) is 0 Å². The van der Waals surface area contributed by atoms with Crippen LogP contribution in [0.1, 0.15) is 22.8 Å². The maximum atomic E-state index is 13.9. The Labute approximate surface area is 173 Å². The molecule has 2 heterocycles. The van der Waals surface area contributed by atoms with Gasteiger partial charge in [-0.25, -0.2) is 8.78 Å². The van der Waals surface area contributed by atoms with Gasteiger partial charge in [-0.3, -0.25) is 23.9 Å². The molecule has 4 rings (SSSR count). The summed E-state index contributed by atoms with van der Waals surface area (Å²) < 4.78 is 33.1. The molecule has 0 spiro atoms. The van der Waals surface area contributed by atoms with Gasteiger partial charge in [0.1, 0.15) is 12.4 Å². The van der Waals surface area contributed by atoms with E-state index >= 15 is 0 Å². The van der Waals surface area contributed by atoms with Crippen LogP contribution in [0.3, 0.4) is 0 Å². The molecule has 30 heavy (non-hydrogen) atoms. The lowest BCUT2D eigenvalue weighted by atomic mass is 9.90. The number of halogens is 2. The number of aromatic nitrogens is 1. The summed E-state index contributed by atoms with van der Waals surface area (Å²) in [5.74, 6) is -3.41. The van der Waals surface area contributed by atoms with Gasteiger partial charge in [0, 0.05) is 12.3 Å². The summed E-state index contributed by atoms with van der Waals surface area (Å²) in [6.45, 7) is -0.373. The van der Waals surface area contributed by atoms with Crippen molar-refractivity contribution in [1.82, 2.24) is 4.57 Å². The molecule has 2 aromatic carbocycles. The summed E-state index contributed by atoms with van der Waals surface area (Å²) in [5.41, 5.74) is 0.909. The van der Waals surface area contributed by atoms with Gasteiger partial charge in [-0.05, 0) is 29.8 Å². The van der Waals surface area contributed by atoms with E-state index < -0.39 is 28.4 Å². The molecule has 1 aliphatic heterocycles. The molecular weight excluding hydrogens is 414 g/mol. The first-order valence-corrected chi connectivity index (χ1v) is 9.85. The first-order valence-electron chi connectivity index (χ1n) is 9.04. The molecule has 0 fully saturated rings. The van der Waals surface area contributed by atoms with Gasteiger partial charge >= 0.3 is 10.8 Å². The Kier molecular flexibility index (Phi) is 5.21. The van der Waals surface area contributed by atoms with Gasteiger partial charge in [-0.15, -0.1) is 0 Å². The van der Waals surface area contributed by atoms with Crippen molar-refractivity contribution in [2.45, 2.75) is 18.9 Å². The fourth-order valence-electron chi connectivity index (χ4n) is 3.52. The van der Waals surface area contributed by atoms with Gasteiger partial charge in [0.2, 0.25) is 5.91 Å². The van der Waals surface area contributed by atoms with Crippen molar-refractivity contribution in [3.8, 4) is 0 Å². The molecule has 0 aliphatic carbocycles.